The SMILES string of the molecule is C1CCC2SS[C@@H]3CCCC[C@@H]3SSC2C1. The molecule has 0 aromatic rings. The number of fused-ring (bicyclic) bond motifs is 2. The molecule has 92 valence electrons. The van der Waals surface area contributed by atoms with Gasteiger partial charge in [-0.2, -0.15) is 0 Å². The van der Waals surface area contributed by atoms with Crippen molar-refractivity contribution in [2.24, 2.45) is 0 Å². The van der Waals surface area contributed by atoms with E-state index in [0.717, 1.165) is 21.0 Å². The van der Waals surface area contributed by atoms with Crippen LogP contribution in [-0.4, -0.2) is 21.0 Å². The Bertz CT molecular complexity index is 185. The van der Waals surface area contributed by atoms with Crippen molar-refractivity contribution >= 4 is 43.2 Å². The van der Waals surface area contributed by atoms with E-state index in [2.05, 4.69) is 43.2 Å². The minimum atomic E-state index is 0.958. The zero-order chi connectivity index (χ0) is 10.8. The fourth-order valence-electron chi connectivity index (χ4n) is 2.85. The molecule has 0 aromatic carbocycles. The van der Waals surface area contributed by atoms with Gasteiger partial charge in [0.05, 0.1) is 0 Å². The van der Waals surface area contributed by atoms with Crippen LogP contribution in [0.1, 0.15) is 51.4 Å². The molecule has 0 aromatic heterocycles. The molecule has 2 unspecified atom stereocenters. The van der Waals surface area contributed by atoms with Gasteiger partial charge in [-0.05, 0) is 25.7 Å². The van der Waals surface area contributed by atoms with Crippen LogP contribution in [0, 0.1) is 0 Å². The van der Waals surface area contributed by atoms with Crippen molar-refractivity contribution in [3.8, 4) is 0 Å². The third kappa shape index (κ3) is 2.86. The van der Waals surface area contributed by atoms with Gasteiger partial charge in [0, 0.05) is 21.0 Å². The molecular formula is C12H20S4. The summed E-state index contributed by atoms with van der Waals surface area (Å²) in [5, 5.41) is 3.83. The summed E-state index contributed by atoms with van der Waals surface area (Å²) in [4.78, 5) is 0. The lowest BCUT2D eigenvalue weighted by atomic mass is 10.00. The molecule has 4 heteroatoms. The Morgan fingerprint density at radius 3 is 0.938 bits per heavy atom. The maximum atomic E-state index is 2.25. The normalized spacial score (nSPS) is 45.0. The van der Waals surface area contributed by atoms with Gasteiger partial charge in [0.1, 0.15) is 0 Å². The summed E-state index contributed by atoms with van der Waals surface area (Å²) in [5.74, 6) is 0. The second kappa shape index (κ2) is 6.03. The van der Waals surface area contributed by atoms with Crippen LogP contribution in [0.15, 0.2) is 0 Å². The minimum Gasteiger partial charge on any atom is -0.0892 e. The van der Waals surface area contributed by atoms with Crippen molar-refractivity contribution < 1.29 is 0 Å². The first kappa shape index (κ1) is 12.4. The maximum absolute atomic E-state index is 2.25. The van der Waals surface area contributed by atoms with E-state index in [-0.39, 0.29) is 0 Å². The summed E-state index contributed by atoms with van der Waals surface area (Å²) in [7, 11) is 9.00. The molecule has 0 radical (unpaired) electrons. The van der Waals surface area contributed by atoms with Gasteiger partial charge in [-0.1, -0.05) is 68.9 Å². The average molecular weight is 293 g/mol. The standard InChI is InChI=1S/C12H20S4/c1-2-6-10-9(5-1)13-15-11-7-3-4-8-12(11)16-14-10/h9-12H,1-8H2/t9-,10+,11?,12?. The van der Waals surface area contributed by atoms with Crippen molar-refractivity contribution in [2.75, 3.05) is 0 Å². The van der Waals surface area contributed by atoms with Gasteiger partial charge in [-0.15, -0.1) is 0 Å². The zero-order valence-electron chi connectivity index (χ0n) is 9.60. The lowest BCUT2D eigenvalue weighted by Gasteiger charge is -2.38. The van der Waals surface area contributed by atoms with Gasteiger partial charge < -0.3 is 0 Å². The Labute approximate surface area is 115 Å². The van der Waals surface area contributed by atoms with E-state index in [1.807, 2.05) is 0 Å². The molecule has 3 fully saturated rings. The van der Waals surface area contributed by atoms with Gasteiger partial charge in [0.15, 0.2) is 0 Å². The van der Waals surface area contributed by atoms with E-state index in [4.69, 9.17) is 0 Å². The highest BCUT2D eigenvalue weighted by Gasteiger charge is 2.35. The van der Waals surface area contributed by atoms with Gasteiger partial charge in [0.25, 0.3) is 0 Å². The molecule has 1 aliphatic heterocycles. The van der Waals surface area contributed by atoms with Crippen LogP contribution in [0.5, 0.6) is 0 Å². The van der Waals surface area contributed by atoms with Crippen LogP contribution in [-0.2, 0) is 0 Å². The molecule has 4 atom stereocenters. The van der Waals surface area contributed by atoms with Gasteiger partial charge >= 0.3 is 0 Å². The van der Waals surface area contributed by atoms with Crippen LogP contribution >= 0.6 is 43.2 Å². The third-order valence-electron chi connectivity index (χ3n) is 3.89. The monoisotopic (exact) mass is 292 g/mol. The fourth-order valence-corrected chi connectivity index (χ4v) is 11.5. The molecule has 0 nitrogen and oxygen atoms in total. The Morgan fingerprint density at radius 1 is 0.438 bits per heavy atom. The second-order valence-electron chi connectivity index (χ2n) is 5.11. The first-order valence-electron chi connectivity index (χ1n) is 6.58. The predicted molar refractivity (Wildman–Crippen MR) is 82.5 cm³/mol. The molecule has 3 aliphatic rings. The zero-order valence-corrected chi connectivity index (χ0v) is 12.9. The smallest absolute Gasteiger partial charge is 0.0278 e. The molecule has 0 N–H and O–H groups in total. The summed E-state index contributed by atoms with van der Waals surface area (Å²) >= 11 is 0. The van der Waals surface area contributed by atoms with Crippen molar-refractivity contribution in [3.05, 3.63) is 0 Å². The van der Waals surface area contributed by atoms with Gasteiger partial charge in [0.2, 0.25) is 0 Å². The Hall–Kier alpha value is 1.40. The predicted octanol–water partition coefficient (Wildman–Crippen LogP) is 5.39. The maximum Gasteiger partial charge on any atom is 0.0278 e. The highest BCUT2D eigenvalue weighted by atomic mass is 33.1. The molecule has 3 rings (SSSR count). The lowest BCUT2D eigenvalue weighted by Crippen LogP contribution is -2.29. The molecule has 0 bridgehead atoms. The van der Waals surface area contributed by atoms with E-state index < -0.39 is 0 Å². The molecule has 1 heterocycles. The summed E-state index contributed by atoms with van der Waals surface area (Å²) in [6, 6.07) is 0. The van der Waals surface area contributed by atoms with Crippen molar-refractivity contribution in [1.29, 1.82) is 0 Å². The topological polar surface area (TPSA) is 0 Å². The first-order chi connectivity index (χ1) is 7.93. The highest BCUT2D eigenvalue weighted by molar-refractivity contribution is 8.80. The van der Waals surface area contributed by atoms with Crippen LogP contribution in [0.2, 0.25) is 0 Å². The quantitative estimate of drug-likeness (QED) is 0.549. The molecule has 0 spiro atoms. The van der Waals surface area contributed by atoms with Gasteiger partial charge in [-0.3, -0.25) is 0 Å². The molecule has 2 saturated carbocycles. The second-order valence-corrected chi connectivity index (χ2v) is 10.6. The number of rotatable bonds is 0. The average Bonchev–Trinajstić information content (AvgIpc) is 2.32. The molecule has 0 amide bonds. The van der Waals surface area contributed by atoms with Gasteiger partial charge in [-0.25, -0.2) is 0 Å². The first-order valence-corrected chi connectivity index (χ1v) is 11.1. The van der Waals surface area contributed by atoms with E-state index in [1.54, 1.807) is 0 Å². The van der Waals surface area contributed by atoms with E-state index >= 15 is 0 Å². The minimum absolute atomic E-state index is 0.958. The fraction of sp³-hybridized carbons (Fsp3) is 1.00. The van der Waals surface area contributed by atoms with E-state index in [1.165, 1.54) is 51.4 Å². The van der Waals surface area contributed by atoms with Crippen LogP contribution in [0.4, 0.5) is 0 Å². The Morgan fingerprint density at radius 2 is 0.688 bits per heavy atom. The lowest BCUT2D eigenvalue weighted by molar-refractivity contribution is 0.524. The summed E-state index contributed by atoms with van der Waals surface area (Å²) in [6.07, 6.45) is 11.8. The Balaban J connectivity index is 1.63. The van der Waals surface area contributed by atoms with Crippen LogP contribution in [0.25, 0.3) is 0 Å². The van der Waals surface area contributed by atoms with Crippen molar-refractivity contribution in [2.45, 2.75) is 72.4 Å². The summed E-state index contributed by atoms with van der Waals surface area (Å²) in [5.41, 5.74) is 0. The van der Waals surface area contributed by atoms with Crippen molar-refractivity contribution in [3.63, 3.8) is 0 Å². The molecule has 1 saturated heterocycles. The largest absolute Gasteiger partial charge is 0.0892 e. The summed E-state index contributed by atoms with van der Waals surface area (Å²) in [6.45, 7) is 0. The van der Waals surface area contributed by atoms with Crippen LogP contribution < -0.4 is 0 Å². The third-order valence-corrected chi connectivity index (χ3v) is 11.3. The molecule has 16 heavy (non-hydrogen) atoms. The van der Waals surface area contributed by atoms with Crippen molar-refractivity contribution in [1.82, 2.24) is 0 Å². The molecular weight excluding hydrogens is 272 g/mol. The van der Waals surface area contributed by atoms with Crippen LogP contribution in [0.3, 0.4) is 0 Å². The highest BCUT2D eigenvalue weighted by Crippen LogP contribution is 2.54. The van der Waals surface area contributed by atoms with E-state index in [9.17, 15) is 0 Å². The van der Waals surface area contributed by atoms with E-state index in [0.29, 0.717) is 0 Å². The molecule has 2 aliphatic carbocycles. The number of hydrogen-bond acceptors (Lipinski definition) is 4. The number of hydrogen-bond donors (Lipinski definition) is 0. The Kier molecular flexibility index (Phi) is 4.69. The summed E-state index contributed by atoms with van der Waals surface area (Å²) < 4.78 is 0.